The van der Waals surface area contributed by atoms with Gasteiger partial charge in [0.1, 0.15) is 5.82 Å². The Morgan fingerprint density at radius 1 is 1.43 bits per heavy atom. The molecular formula is C17H24BrFN2. The van der Waals surface area contributed by atoms with E-state index in [0.717, 1.165) is 35.5 Å². The minimum absolute atomic E-state index is 0.0931. The van der Waals surface area contributed by atoms with Gasteiger partial charge in [-0.05, 0) is 50.3 Å². The van der Waals surface area contributed by atoms with Gasteiger partial charge in [-0.15, -0.1) is 0 Å². The largest absolute Gasteiger partial charge is 0.309 e. The van der Waals surface area contributed by atoms with Crippen molar-refractivity contribution in [3.05, 3.63) is 34.1 Å². The number of benzene rings is 1. The molecule has 2 fully saturated rings. The lowest BCUT2D eigenvalue weighted by atomic mass is 9.91. The lowest BCUT2D eigenvalue weighted by molar-refractivity contribution is 0.0653. The quantitative estimate of drug-likeness (QED) is 0.880. The van der Waals surface area contributed by atoms with Crippen LogP contribution in [0.3, 0.4) is 0 Å². The SMILES string of the molecule is CCC1(C)CN(Cc2cc(Br)ccc2F)C(C2CC2)CN1. The Labute approximate surface area is 135 Å². The Morgan fingerprint density at radius 2 is 2.19 bits per heavy atom. The van der Waals surface area contributed by atoms with E-state index in [1.807, 2.05) is 6.07 Å². The van der Waals surface area contributed by atoms with Gasteiger partial charge in [-0.25, -0.2) is 4.39 Å². The highest BCUT2D eigenvalue weighted by Gasteiger charge is 2.41. The van der Waals surface area contributed by atoms with E-state index >= 15 is 0 Å². The molecule has 2 unspecified atom stereocenters. The van der Waals surface area contributed by atoms with Gasteiger partial charge in [0, 0.05) is 41.3 Å². The summed E-state index contributed by atoms with van der Waals surface area (Å²) in [5, 5.41) is 3.71. The summed E-state index contributed by atoms with van der Waals surface area (Å²) >= 11 is 3.46. The fourth-order valence-electron chi connectivity index (χ4n) is 3.34. The van der Waals surface area contributed by atoms with Crippen LogP contribution in [0.1, 0.15) is 38.7 Å². The molecule has 0 amide bonds. The third-order valence-corrected chi connectivity index (χ3v) is 5.58. The van der Waals surface area contributed by atoms with Crippen molar-refractivity contribution in [2.75, 3.05) is 13.1 Å². The van der Waals surface area contributed by atoms with Crippen molar-refractivity contribution < 1.29 is 4.39 Å². The average molecular weight is 355 g/mol. The van der Waals surface area contributed by atoms with Crippen molar-refractivity contribution >= 4 is 15.9 Å². The summed E-state index contributed by atoms with van der Waals surface area (Å²) in [6, 6.07) is 5.81. The van der Waals surface area contributed by atoms with Gasteiger partial charge in [-0.3, -0.25) is 4.90 Å². The third kappa shape index (κ3) is 3.49. The lowest BCUT2D eigenvalue weighted by Gasteiger charge is -2.46. The summed E-state index contributed by atoms with van der Waals surface area (Å²) < 4.78 is 15.0. The summed E-state index contributed by atoms with van der Waals surface area (Å²) in [4.78, 5) is 2.50. The van der Waals surface area contributed by atoms with Gasteiger partial charge in [-0.1, -0.05) is 22.9 Å². The van der Waals surface area contributed by atoms with Crippen LogP contribution >= 0.6 is 15.9 Å². The highest BCUT2D eigenvalue weighted by molar-refractivity contribution is 9.10. The zero-order chi connectivity index (χ0) is 15.0. The maximum Gasteiger partial charge on any atom is 0.127 e. The zero-order valence-corrected chi connectivity index (χ0v) is 14.4. The molecule has 1 aromatic rings. The molecule has 0 spiro atoms. The number of nitrogens with one attached hydrogen (secondary N) is 1. The first-order valence-electron chi connectivity index (χ1n) is 7.94. The van der Waals surface area contributed by atoms with Crippen molar-refractivity contribution in [3.63, 3.8) is 0 Å². The second-order valence-corrected chi connectivity index (χ2v) is 7.76. The first-order chi connectivity index (χ1) is 10.0. The fourth-order valence-corrected chi connectivity index (χ4v) is 3.75. The van der Waals surface area contributed by atoms with Crippen molar-refractivity contribution in [2.24, 2.45) is 5.92 Å². The molecule has 1 heterocycles. The topological polar surface area (TPSA) is 15.3 Å². The van der Waals surface area contributed by atoms with Crippen LogP contribution in [0, 0.1) is 11.7 Å². The monoisotopic (exact) mass is 354 g/mol. The Bertz CT molecular complexity index is 518. The van der Waals surface area contributed by atoms with E-state index in [9.17, 15) is 4.39 Å². The molecule has 1 N–H and O–H groups in total. The molecule has 1 saturated carbocycles. The van der Waals surface area contributed by atoms with Gasteiger partial charge in [0.25, 0.3) is 0 Å². The number of rotatable bonds is 4. The van der Waals surface area contributed by atoms with Crippen LogP contribution in [0.25, 0.3) is 0 Å². The van der Waals surface area contributed by atoms with E-state index in [0.29, 0.717) is 12.6 Å². The average Bonchev–Trinajstić information content (AvgIpc) is 3.28. The molecule has 2 aliphatic rings. The molecule has 2 nitrogen and oxygen atoms in total. The van der Waals surface area contributed by atoms with E-state index in [1.54, 1.807) is 12.1 Å². The summed E-state index contributed by atoms with van der Waals surface area (Å²) in [6.07, 6.45) is 3.75. The van der Waals surface area contributed by atoms with Crippen LogP contribution in [-0.4, -0.2) is 29.6 Å². The summed E-state index contributed by atoms with van der Waals surface area (Å²) in [5.41, 5.74) is 0.948. The fraction of sp³-hybridized carbons (Fsp3) is 0.647. The van der Waals surface area contributed by atoms with Crippen molar-refractivity contribution in [2.45, 2.75) is 51.2 Å². The molecule has 0 radical (unpaired) electrons. The van der Waals surface area contributed by atoms with Crippen LogP contribution in [0.2, 0.25) is 0 Å². The highest BCUT2D eigenvalue weighted by Crippen LogP contribution is 2.38. The van der Waals surface area contributed by atoms with Crippen LogP contribution in [0.15, 0.2) is 22.7 Å². The van der Waals surface area contributed by atoms with E-state index in [-0.39, 0.29) is 11.4 Å². The number of hydrogen-bond acceptors (Lipinski definition) is 2. The molecule has 0 aromatic heterocycles. The Morgan fingerprint density at radius 3 is 2.86 bits per heavy atom. The number of hydrogen-bond donors (Lipinski definition) is 1. The predicted molar refractivity (Wildman–Crippen MR) is 87.7 cm³/mol. The Hall–Kier alpha value is -0.450. The van der Waals surface area contributed by atoms with Crippen molar-refractivity contribution in [1.82, 2.24) is 10.2 Å². The molecule has 21 heavy (non-hydrogen) atoms. The van der Waals surface area contributed by atoms with Gasteiger partial charge in [0.05, 0.1) is 0 Å². The highest BCUT2D eigenvalue weighted by atomic mass is 79.9. The normalized spacial score (nSPS) is 30.6. The minimum Gasteiger partial charge on any atom is -0.309 e. The molecule has 3 rings (SSSR count). The van der Waals surface area contributed by atoms with E-state index in [4.69, 9.17) is 0 Å². The number of piperazine rings is 1. The molecule has 4 heteroatoms. The van der Waals surface area contributed by atoms with Crippen molar-refractivity contribution in [1.29, 1.82) is 0 Å². The lowest BCUT2D eigenvalue weighted by Crippen LogP contribution is -2.62. The van der Waals surface area contributed by atoms with Gasteiger partial charge in [0.2, 0.25) is 0 Å². The molecule has 1 aliphatic carbocycles. The number of nitrogens with zero attached hydrogens (tertiary/aromatic N) is 1. The molecule has 2 atom stereocenters. The molecule has 116 valence electrons. The Balaban J connectivity index is 1.80. The molecule has 1 aromatic carbocycles. The summed E-state index contributed by atoms with van der Waals surface area (Å²) in [6.45, 7) is 7.24. The second-order valence-electron chi connectivity index (χ2n) is 6.84. The Kier molecular flexibility index (Phi) is 4.40. The zero-order valence-electron chi connectivity index (χ0n) is 12.8. The van der Waals surface area contributed by atoms with Gasteiger partial charge in [0.15, 0.2) is 0 Å². The van der Waals surface area contributed by atoms with E-state index < -0.39 is 0 Å². The molecule has 1 saturated heterocycles. The third-order valence-electron chi connectivity index (χ3n) is 5.09. The first-order valence-corrected chi connectivity index (χ1v) is 8.73. The molecular weight excluding hydrogens is 331 g/mol. The predicted octanol–water partition coefficient (Wildman–Crippen LogP) is 3.94. The summed E-state index contributed by atoms with van der Waals surface area (Å²) in [5.74, 6) is 0.707. The standard InChI is InChI=1S/C17H24BrFN2/c1-3-17(2)11-21(16(9-20-17)12-4-5-12)10-13-8-14(18)6-7-15(13)19/h6-8,12,16,20H,3-5,9-11H2,1-2H3. The van der Waals surface area contributed by atoms with Crippen LogP contribution < -0.4 is 5.32 Å². The van der Waals surface area contributed by atoms with Crippen LogP contribution in [-0.2, 0) is 6.54 Å². The maximum atomic E-state index is 14.1. The van der Waals surface area contributed by atoms with E-state index in [2.05, 4.69) is 40.0 Å². The molecule has 0 bridgehead atoms. The van der Waals surface area contributed by atoms with Crippen LogP contribution in [0.4, 0.5) is 4.39 Å². The smallest absolute Gasteiger partial charge is 0.127 e. The van der Waals surface area contributed by atoms with Gasteiger partial charge >= 0.3 is 0 Å². The summed E-state index contributed by atoms with van der Waals surface area (Å²) in [7, 11) is 0. The van der Waals surface area contributed by atoms with Gasteiger partial charge < -0.3 is 5.32 Å². The van der Waals surface area contributed by atoms with Gasteiger partial charge in [-0.2, -0.15) is 0 Å². The first kappa shape index (κ1) is 15.4. The van der Waals surface area contributed by atoms with E-state index in [1.165, 1.54) is 12.8 Å². The minimum atomic E-state index is -0.0931. The second kappa shape index (κ2) is 5.98. The van der Waals surface area contributed by atoms with Crippen LogP contribution in [0.5, 0.6) is 0 Å². The maximum absolute atomic E-state index is 14.1. The molecule has 1 aliphatic heterocycles. The van der Waals surface area contributed by atoms with Crippen molar-refractivity contribution in [3.8, 4) is 0 Å². The number of halogens is 2.